The Balaban J connectivity index is 1.33. The highest BCUT2D eigenvalue weighted by Gasteiger charge is 2.42. The SMILES string of the molecule is CCOc1ccccc1/C=C/C(=O)N1CCC2(CC1)CCN(C(=O)c1cccc(NC(N)=S)c1)C2. The number of thiocarbonyl (C=S) groups is 1. The molecule has 2 aliphatic heterocycles. The highest BCUT2D eigenvalue weighted by atomic mass is 32.1. The molecule has 2 aliphatic rings. The number of para-hydroxylation sites is 1. The largest absolute Gasteiger partial charge is 0.493 e. The van der Waals surface area contributed by atoms with Crippen molar-refractivity contribution in [2.75, 3.05) is 38.1 Å². The fraction of sp³-hybridized carbons (Fsp3) is 0.370. The van der Waals surface area contributed by atoms with Gasteiger partial charge in [0.25, 0.3) is 5.91 Å². The summed E-state index contributed by atoms with van der Waals surface area (Å²) >= 11 is 4.89. The van der Waals surface area contributed by atoms with Gasteiger partial charge >= 0.3 is 0 Å². The normalized spacial score (nSPS) is 17.1. The van der Waals surface area contributed by atoms with Crippen LogP contribution in [0.2, 0.25) is 0 Å². The number of anilines is 1. The van der Waals surface area contributed by atoms with Gasteiger partial charge in [0.1, 0.15) is 5.75 Å². The Morgan fingerprint density at radius 2 is 1.80 bits per heavy atom. The van der Waals surface area contributed by atoms with Crippen molar-refractivity contribution in [1.82, 2.24) is 9.80 Å². The van der Waals surface area contributed by atoms with Gasteiger partial charge in [-0.15, -0.1) is 0 Å². The van der Waals surface area contributed by atoms with Crippen molar-refractivity contribution < 1.29 is 14.3 Å². The summed E-state index contributed by atoms with van der Waals surface area (Å²) in [7, 11) is 0. The number of rotatable bonds is 6. The van der Waals surface area contributed by atoms with Crippen molar-refractivity contribution in [3.63, 3.8) is 0 Å². The number of ether oxygens (including phenoxy) is 1. The first-order valence-electron chi connectivity index (χ1n) is 12.0. The van der Waals surface area contributed by atoms with Gasteiger partial charge in [-0.05, 0) is 74.2 Å². The fourth-order valence-corrected chi connectivity index (χ4v) is 5.06. The molecule has 1 spiro atoms. The monoisotopic (exact) mass is 492 g/mol. The molecule has 0 atom stereocenters. The van der Waals surface area contributed by atoms with Gasteiger partial charge in [-0.1, -0.05) is 24.3 Å². The van der Waals surface area contributed by atoms with Crippen LogP contribution in [0.3, 0.4) is 0 Å². The quantitative estimate of drug-likeness (QED) is 0.470. The van der Waals surface area contributed by atoms with Crippen molar-refractivity contribution in [2.45, 2.75) is 26.2 Å². The number of hydrogen-bond donors (Lipinski definition) is 2. The Morgan fingerprint density at radius 3 is 2.51 bits per heavy atom. The van der Waals surface area contributed by atoms with Crippen LogP contribution in [0.15, 0.2) is 54.6 Å². The van der Waals surface area contributed by atoms with Crippen LogP contribution >= 0.6 is 12.2 Å². The van der Waals surface area contributed by atoms with E-state index >= 15 is 0 Å². The van der Waals surface area contributed by atoms with Crippen LogP contribution in [0.25, 0.3) is 6.08 Å². The lowest BCUT2D eigenvalue weighted by Gasteiger charge is -2.39. The third kappa shape index (κ3) is 6.00. The molecule has 0 radical (unpaired) electrons. The first kappa shape index (κ1) is 24.7. The average molecular weight is 493 g/mol. The molecule has 0 saturated carbocycles. The Bertz CT molecular complexity index is 1120. The molecule has 2 aromatic rings. The van der Waals surface area contributed by atoms with Crippen LogP contribution < -0.4 is 15.8 Å². The third-order valence-electron chi connectivity index (χ3n) is 6.86. The lowest BCUT2D eigenvalue weighted by atomic mass is 9.77. The van der Waals surface area contributed by atoms with E-state index in [1.165, 1.54) is 0 Å². The van der Waals surface area contributed by atoms with Crippen LogP contribution in [0.5, 0.6) is 5.75 Å². The van der Waals surface area contributed by atoms with Gasteiger partial charge in [-0.25, -0.2) is 0 Å². The van der Waals surface area contributed by atoms with Crippen molar-refractivity contribution in [2.24, 2.45) is 11.1 Å². The van der Waals surface area contributed by atoms with Gasteiger partial charge in [0, 0.05) is 49.1 Å². The molecule has 7 nitrogen and oxygen atoms in total. The second kappa shape index (κ2) is 10.9. The van der Waals surface area contributed by atoms with Crippen LogP contribution in [0.1, 0.15) is 42.1 Å². The zero-order chi connectivity index (χ0) is 24.8. The Kier molecular flexibility index (Phi) is 7.70. The van der Waals surface area contributed by atoms with E-state index in [4.69, 9.17) is 22.7 Å². The second-order valence-electron chi connectivity index (χ2n) is 9.18. The number of amides is 2. The molecular weight excluding hydrogens is 460 g/mol. The number of nitrogens with zero attached hydrogens (tertiary/aromatic N) is 2. The van der Waals surface area contributed by atoms with Crippen LogP contribution in [0.4, 0.5) is 5.69 Å². The second-order valence-corrected chi connectivity index (χ2v) is 9.62. The summed E-state index contributed by atoms with van der Waals surface area (Å²) in [6.45, 7) is 5.37. The van der Waals surface area contributed by atoms with E-state index in [2.05, 4.69) is 5.32 Å². The van der Waals surface area contributed by atoms with E-state index in [0.29, 0.717) is 30.9 Å². The number of nitrogens with one attached hydrogen (secondary N) is 1. The minimum Gasteiger partial charge on any atom is -0.493 e. The molecule has 4 rings (SSSR count). The van der Waals surface area contributed by atoms with Gasteiger partial charge in [-0.3, -0.25) is 9.59 Å². The minimum atomic E-state index is 0.0132. The molecule has 2 aromatic carbocycles. The van der Waals surface area contributed by atoms with E-state index in [9.17, 15) is 9.59 Å². The molecule has 35 heavy (non-hydrogen) atoms. The van der Waals surface area contributed by atoms with Crippen LogP contribution in [0, 0.1) is 5.41 Å². The van der Waals surface area contributed by atoms with Crippen molar-refractivity contribution in [1.29, 1.82) is 0 Å². The van der Waals surface area contributed by atoms with E-state index in [-0.39, 0.29) is 22.3 Å². The minimum absolute atomic E-state index is 0.0132. The van der Waals surface area contributed by atoms with Gasteiger partial charge < -0.3 is 25.6 Å². The van der Waals surface area contributed by atoms with E-state index in [1.54, 1.807) is 12.1 Å². The molecule has 8 heteroatoms. The lowest BCUT2D eigenvalue weighted by Crippen LogP contribution is -2.44. The Labute approximate surface area is 211 Å². The molecule has 0 aliphatic carbocycles. The van der Waals surface area contributed by atoms with E-state index in [1.807, 2.05) is 65.3 Å². The summed E-state index contributed by atoms with van der Waals surface area (Å²) in [6, 6.07) is 15.0. The maximum absolute atomic E-state index is 13.1. The standard InChI is InChI=1S/C27H32N4O3S/c1-2-34-23-9-4-3-6-20(23)10-11-24(32)30-15-12-27(13-16-30)14-17-31(19-27)25(33)21-7-5-8-22(18-21)29-26(28)35/h3-11,18H,2,12-17,19H2,1H3,(H3,28,29,35)/b11-10+. The predicted octanol–water partition coefficient (Wildman–Crippen LogP) is 3.91. The first-order chi connectivity index (χ1) is 16.9. The van der Waals surface area contributed by atoms with E-state index < -0.39 is 0 Å². The smallest absolute Gasteiger partial charge is 0.253 e. The molecule has 0 unspecified atom stereocenters. The first-order valence-corrected chi connectivity index (χ1v) is 12.4. The number of carbonyl (C=O) groups excluding carboxylic acids is 2. The zero-order valence-corrected chi connectivity index (χ0v) is 20.9. The van der Waals surface area contributed by atoms with Crippen molar-refractivity contribution in [3.8, 4) is 5.75 Å². The average Bonchev–Trinajstić information content (AvgIpc) is 3.26. The van der Waals surface area contributed by atoms with Gasteiger partial charge in [-0.2, -0.15) is 0 Å². The third-order valence-corrected chi connectivity index (χ3v) is 6.96. The number of likely N-dealkylation sites (tertiary alicyclic amines) is 2. The number of piperidine rings is 1. The molecule has 184 valence electrons. The van der Waals surface area contributed by atoms with Gasteiger partial charge in [0.05, 0.1) is 6.61 Å². The zero-order valence-electron chi connectivity index (χ0n) is 20.0. The molecule has 2 heterocycles. The molecule has 2 amide bonds. The number of carbonyl (C=O) groups is 2. The van der Waals surface area contributed by atoms with Crippen molar-refractivity contribution >= 4 is 40.9 Å². The summed E-state index contributed by atoms with van der Waals surface area (Å²) in [5.74, 6) is 0.807. The maximum atomic E-state index is 13.1. The summed E-state index contributed by atoms with van der Waals surface area (Å²) in [6.07, 6.45) is 6.22. The molecule has 0 bridgehead atoms. The summed E-state index contributed by atoms with van der Waals surface area (Å²) in [5, 5.41) is 3.05. The van der Waals surface area contributed by atoms with Crippen LogP contribution in [-0.2, 0) is 4.79 Å². The summed E-state index contributed by atoms with van der Waals surface area (Å²) in [5.41, 5.74) is 7.85. The predicted molar refractivity (Wildman–Crippen MR) is 142 cm³/mol. The highest BCUT2D eigenvalue weighted by Crippen LogP contribution is 2.41. The fourth-order valence-electron chi connectivity index (χ4n) is 4.94. The lowest BCUT2D eigenvalue weighted by molar-refractivity contribution is -0.128. The highest BCUT2D eigenvalue weighted by molar-refractivity contribution is 7.80. The van der Waals surface area contributed by atoms with Gasteiger partial charge in [0.15, 0.2) is 5.11 Å². The maximum Gasteiger partial charge on any atom is 0.253 e. The summed E-state index contributed by atoms with van der Waals surface area (Å²) < 4.78 is 5.64. The number of benzene rings is 2. The number of hydrogen-bond acceptors (Lipinski definition) is 4. The molecule has 0 aromatic heterocycles. The topological polar surface area (TPSA) is 87.9 Å². The summed E-state index contributed by atoms with van der Waals surface area (Å²) in [4.78, 5) is 29.8. The van der Waals surface area contributed by atoms with Gasteiger partial charge in [0.2, 0.25) is 5.91 Å². The van der Waals surface area contributed by atoms with Crippen LogP contribution in [-0.4, -0.2) is 59.5 Å². The molecule has 3 N–H and O–H groups in total. The molecule has 2 fully saturated rings. The molecular formula is C27H32N4O3S. The Hall–Kier alpha value is -3.39. The number of nitrogens with two attached hydrogens (primary N) is 1. The Morgan fingerprint density at radius 1 is 1.09 bits per heavy atom. The molecule has 2 saturated heterocycles. The van der Waals surface area contributed by atoms with Crippen molar-refractivity contribution in [3.05, 3.63) is 65.7 Å². The van der Waals surface area contributed by atoms with E-state index in [0.717, 1.165) is 43.7 Å².